The molecule has 0 aromatic heterocycles. The Balaban J connectivity index is 1.40. The fourth-order valence-electron chi connectivity index (χ4n) is 4.51. The van der Waals surface area contributed by atoms with Gasteiger partial charge in [-0.2, -0.15) is 0 Å². The number of benzene rings is 2. The molecule has 1 heterocycles. The van der Waals surface area contributed by atoms with Crippen LogP contribution in [0.4, 0.5) is 10.5 Å². The van der Waals surface area contributed by atoms with Crippen LogP contribution in [0, 0.1) is 0 Å². The molecule has 2 aromatic carbocycles. The lowest BCUT2D eigenvalue weighted by atomic mass is 9.94. The fourth-order valence-corrected chi connectivity index (χ4v) is 4.51. The highest BCUT2D eigenvalue weighted by atomic mass is 16.5. The average molecular weight is 394 g/mol. The zero-order valence-electron chi connectivity index (χ0n) is 17.2. The molecule has 4 rings (SSSR count). The molecule has 2 amide bonds. The van der Waals surface area contributed by atoms with Gasteiger partial charge in [0.1, 0.15) is 5.75 Å². The number of rotatable bonds is 5. The van der Waals surface area contributed by atoms with Gasteiger partial charge in [-0.3, -0.25) is 4.90 Å². The van der Waals surface area contributed by atoms with E-state index < -0.39 is 0 Å². The molecule has 5 nitrogen and oxygen atoms in total. The number of carbonyl (C=O) groups is 1. The van der Waals surface area contributed by atoms with Crippen LogP contribution in [0.25, 0.3) is 0 Å². The van der Waals surface area contributed by atoms with Crippen molar-refractivity contribution in [1.29, 1.82) is 0 Å². The van der Waals surface area contributed by atoms with E-state index in [9.17, 15) is 4.79 Å². The Morgan fingerprint density at radius 3 is 2.66 bits per heavy atom. The van der Waals surface area contributed by atoms with Crippen LogP contribution in [0.3, 0.4) is 0 Å². The van der Waals surface area contributed by atoms with Crippen LogP contribution in [0.5, 0.6) is 5.75 Å². The second-order valence-electron chi connectivity index (χ2n) is 8.19. The van der Waals surface area contributed by atoms with Gasteiger partial charge in [-0.05, 0) is 37.6 Å². The molecule has 1 aliphatic carbocycles. The summed E-state index contributed by atoms with van der Waals surface area (Å²) < 4.78 is 5.70. The van der Waals surface area contributed by atoms with Gasteiger partial charge in [0, 0.05) is 30.3 Å². The molecule has 1 aliphatic heterocycles. The van der Waals surface area contributed by atoms with Gasteiger partial charge in [-0.1, -0.05) is 55.7 Å². The summed E-state index contributed by atoms with van der Waals surface area (Å²) in [5.74, 6) is 0.860. The van der Waals surface area contributed by atoms with Crippen molar-refractivity contribution in [2.75, 3.05) is 19.0 Å². The lowest BCUT2D eigenvalue weighted by Gasteiger charge is -2.31. The molecule has 0 saturated heterocycles. The average Bonchev–Trinajstić information content (AvgIpc) is 2.76. The second-order valence-corrected chi connectivity index (χ2v) is 8.19. The van der Waals surface area contributed by atoms with Crippen molar-refractivity contribution < 1.29 is 9.53 Å². The first-order valence-electron chi connectivity index (χ1n) is 10.8. The van der Waals surface area contributed by atoms with E-state index in [2.05, 4.69) is 28.6 Å². The number of urea groups is 1. The number of ether oxygens (including phenoxy) is 1. The molecule has 1 fully saturated rings. The van der Waals surface area contributed by atoms with E-state index in [1.807, 2.05) is 42.5 Å². The predicted octanol–water partition coefficient (Wildman–Crippen LogP) is 5.10. The lowest BCUT2D eigenvalue weighted by molar-refractivity contribution is 0.185. The molecule has 5 heteroatoms. The maximum atomic E-state index is 12.8. The van der Waals surface area contributed by atoms with Crippen molar-refractivity contribution in [2.45, 2.75) is 57.2 Å². The van der Waals surface area contributed by atoms with Crippen LogP contribution in [0.2, 0.25) is 0 Å². The van der Waals surface area contributed by atoms with Gasteiger partial charge in [0.2, 0.25) is 0 Å². The molecule has 0 radical (unpaired) electrons. The molecule has 0 bridgehead atoms. The summed E-state index contributed by atoms with van der Waals surface area (Å²) in [4.78, 5) is 15.2. The Hall–Kier alpha value is -2.53. The molecular formula is C24H31N3O2. The van der Waals surface area contributed by atoms with Crippen LogP contribution in [-0.2, 0) is 6.54 Å². The Labute approximate surface area is 173 Å². The molecule has 2 aromatic rings. The van der Waals surface area contributed by atoms with E-state index in [0.29, 0.717) is 12.6 Å². The van der Waals surface area contributed by atoms with Crippen molar-refractivity contribution in [2.24, 2.45) is 0 Å². The number of hydrogen-bond acceptors (Lipinski definition) is 3. The Morgan fingerprint density at radius 1 is 1.03 bits per heavy atom. The molecule has 1 saturated carbocycles. The summed E-state index contributed by atoms with van der Waals surface area (Å²) in [6, 6.07) is 16.5. The minimum absolute atomic E-state index is 0.0305. The summed E-state index contributed by atoms with van der Waals surface area (Å²) in [5.41, 5.74) is 3.08. The number of carbonyl (C=O) groups excluding carboxylic acids is 1. The maximum Gasteiger partial charge on any atom is 0.319 e. The Kier molecular flexibility index (Phi) is 6.35. The van der Waals surface area contributed by atoms with Gasteiger partial charge in [0.25, 0.3) is 0 Å². The van der Waals surface area contributed by atoms with E-state index in [4.69, 9.17) is 4.74 Å². The van der Waals surface area contributed by atoms with Gasteiger partial charge < -0.3 is 15.4 Å². The molecule has 1 atom stereocenters. The summed E-state index contributed by atoms with van der Waals surface area (Å²) in [6.07, 6.45) is 7.33. The highest BCUT2D eigenvalue weighted by molar-refractivity contribution is 5.90. The summed E-state index contributed by atoms with van der Waals surface area (Å²) in [5, 5.41) is 6.20. The van der Waals surface area contributed by atoms with Gasteiger partial charge in [-0.15, -0.1) is 0 Å². The lowest BCUT2D eigenvalue weighted by Crippen LogP contribution is -2.36. The van der Waals surface area contributed by atoms with Crippen LogP contribution < -0.4 is 15.4 Å². The number of fused-ring (bicyclic) bond motifs is 1. The van der Waals surface area contributed by atoms with Crippen LogP contribution >= 0.6 is 0 Å². The quantitative estimate of drug-likeness (QED) is 0.743. The largest absolute Gasteiger partial charge is 0.493 e. The highest BCUT2D eigenvalue weighted by Gasteiger charge is 2.23. The number of anilines is 1. The topological polar surface area (TPSA) is 53.6 Å². The number of nitrogens with zero attached hydrogens (tertiary/aromatic N) is 1. The summed E-state index contributed by atoms with van der Waals surface area (Å²) in [7, 11) is 2.20. The minimum atomic E-state index is -0.167. The first-order valence-corrected chi connectivity index (χ1v) is 10.8. The zero-order chi connectivity index (χ0) is 20.1. The highest BCUT2D eigenvalue weighted by Crippen LogP contribution is 2.31. The number of amides is 2. The van der Waals surface area contributed by atoms with Gasteiger partial charge in [0.05, 0.1) is 12.6 Å². The van der Waals surface area contributed by atoms with Crippen molar-refractivity contribution >= 4 is 11.7 Å². The Bertz CT molecular complexity index is 832. The van der Waals surface area contributed by atoms with Crippen molar-refractivity contribution in [1.82, 2.24) is 10.2 Å². The molecule has 0 spiro atoms. The van der Waals surface area contributed by atoms with Gasteiger partial charge in [-0.25, -0.2) is 4.79 Å². The van der Waals surface area contributed by atoms with Crippen molar-refractivity contribution in [3.8, 4) is 5.75 Å². The van der Waals surface area contributed by atoms with Gasteiger partial charge in [0.15, 0.2) is 0 Å². The van der Waals surface area contributed by atoms with Crippen molar-refractivity contribution in [3.63, 3.8) is 0 Å². The fraction of sp³-hybridized carbons (Fsp3) is 0.458. The zero-order valence-corrected chi connectivity index (χ0v) is 17.2. The molecular weight excluding hydrogens is 362 g/mol. The molecule has 29 heavy (non-hydrogen) atoms. The second kappa shape index (κ2) is 9.31. The molecule has 154 valence electrons. The maximum absolute atomic E-state index is 12.8. The van der Waals surface area contributed by atoms with Crippen LogP contribution in [0.15, 0.2) is 48.5 Å². The third-order valence-corrected chi connectivity index (χ3v) is 6.15. The van der Waals surface area contributed by atoms with E-state index in [1.54, 1.807) is 0 Å². The first-order chi connectivity index (χ1) is 14.2. The number of para-hydroxylation sites is 2. The van der Waals surface area contributed by atoms with Crippen molar-refractivity contribution in [3.05, 3.63) is 59.7 Å². The van der Waals surface area contributed by atoms with E-state index >= 15 is 0 Å². The van der Waals surface area contributed by atoms with E-state index in [1.165, 1.54) is 32.1 Å². The van der Waals surface area contributed by atoms with Gasteiger partial charge >= 0.3 is 6.03 Å². The molecule has 1 unspecified atom stereocenters. The molecule has 2 N–H and O–H groups in total. The molecule has 2 aliphatic rings. The summed E-state index contributed by atoms with van der Waals surface area (Å²) >= 11 is 0. The normalized spacial score (nSPS) is 19.3. The third-order valence-electron chi connectivity index (χ3n) is 6.15. The number of nitrogens with one attached hydrogen (secondary N) is 2. The van der Waals surface area contributed by atoms with E-state index in [-0.39, 0.29) is 12.1 Å². The van der Waals surface area contributed by atoms with Crippen LogP contribution in [-0.4, -0.2) is 30.6 Å². The first kappa shape index (κ1) is 19.8. The number of hydrogen-bond donors (Lipinski definition) is 2. The monoisotopic (exact) mass is 393 g/mol. The third kappa shape index (κ3) is 4.91. The minimum Gasteiger partial charge on any atom is -0.493 e. The smallest absolute Gasteiger partial charge is 0.319 e. The van der Waals surface area contributed by atoms with Crippen LogP contribution in [0.1, 0.15) is 55.7 Å². The van der Waals surface area contributed by atoms with E-state index in [0.717, 1.165) is 35.5 Å². The summed E-state index contributed by atoms with van der Waals surface area (Å²) in [6.45, 7) is 1.46. The Morgan fingerprint density at radius 2 is 1.79 bits per heavy atom. The SMILES string of the molecule is CN(Cc1ccccc1NC(=O)NC1CCOc2ccccc21)C1CCCCC1. The standard InChI is InChI=1S/C24H31N3O2/c1-27(19-10-3-2-4-11-19)17-18-9-5-7-13-21(18)25-24(28)26-22-15-16-29-23-14-8-6-12-20(22)23/h5-9,12-14,19,22H,2-4,10-11,15-17H2,1H3,(H2,25,26,28). The predicted molar refractivity (Wildman–Crippen MR) is 116 cm³/mol.